The number of hydrogen-bond acceptors (Lipinski definition) is 5. The second kappa shape index (κ2) is 7.47. The Morgan fingerprint density at radius 3 is 1.70 bits per heavy atom. The van der Waals surface area contributed by atoms with Gasteiger partial charge in [-0.05, 0) is 20.3 Å². The van der Waals surface area contributed by atoms with Crippen LogP contribution in [0.4, 0.5) is 13.2 Å². The summed E-state index contributed by atoms with van der Waals surface area (Å²) < 4.78 is 46.7. The molecule has 0 spiro atoms. The lowest BCUT2D eigenvalue weighted by molar-refractivity contribution is -0.217. The second-order valence-electron chi connectivity index (χ2n) is 4.14. The monoisotopic (exact) mass is 300 g/mol. The number of aliphatic hydroxyl groups excluding tert-OH is 1. The summed E-state index contributed by atoms with van der Waals surface area (Å²) in [7, 11) is 0. The number of alkyl halides is 3. The molecule has 0 aliphatic carbocycles. The van der Waals surface area contributed by atoms with E-state index >= 15 is 0 Å². The number of rotatable bonds is 7. The van der Waals surface area contributed by atoms with Crippen LogP contribution >= 0.6 is 0 Å². The topological polar surface area (TPSA) is 72.8 Å². The van der Waals surface area contributed by atoms with Gasteiger partial charge in [0.05, 0.1) is 13.2 Å². The Balaban J connectivity index is 5.42. The number of carbonyl (C=O) groups is 2. The molecule has 0 aromatic rings. The van der Waals surface area contributed by atoms with Crippen LogP contribution in [-0.2, 0) is 19.1 Å². The summed E-state index contributed by atoms with van der Waals surface area (Å²) in [6.45, 7) is 4.09. The van der Waals surface area contributed by atoms with Gasteiger partial charge in [-0.25, -0.2) is 0 Å². The molecule has 0 aromatic carbocycles. The van der Waals surface area contributed by atoms with Gasteiger partial charge in [-0.3, -0.25) is 9.59 Å². The standard InChI is InChI=1S/C12H19F3O5/c1-4-11(9(17)19-5-2,10(18)20-6-3)7-8(16)12(13,14)15/h8,16H,4-7H2,1-3H3. The van der Waals surface area contributed by atoms with Crippen molar-refractivity contribution >= 4 is 11.9 Å². The first kappa shape index (κ1) is 18.7. The van der Waals surface area contributed by atoms with Gasteiger partial charge in [0.2, 0.25) is 0 Å². The Labute approximate surface area is 115 Å². The molecular formula is C12H19F3O5. The van der Waals surface area contributed by atoms with E-state index in [0.717, 1.165) is 0 Å². The molecule has 0 radical (unpaired) electrons. The number of esters is 2. The molecule has 1 unspecified atom stereocenters. The van der Waals surface area contributed by atoms with Gasteiger partial charge in [0.15, 0.2) is 11.5 Å². The smallest absolute Gasteiger partial charge is 0.414 e. The maximum Gasteiger partial charge on any atom is 0.414 e. The molecular weight excluding hydrogens is 281 g/mol. The molecule has 0 saturated carbocycles. The molecule has 1 N–H and O–H groups in total. The van der Waals surface area contributed by atoms with E-state index in [2.05, 4.69) is 9.47 Å². The lowest BCUT2D eigenvalue weighted by Crippen LogP contribution is -2.47. The Bertz CT molecular complexity index is 322. The minimum absolute atomic E-state index is 0.0951. The first-order valence-electron chi connectivity index (χ1n) is 6.24. The normalized spacial score (nSPS) is 13.8. The van der Waals surface area contributed by atoms with Crippen molar-refractivity contribution in [2.75, 3.05) is 13.2 Å². The van der Waals surface area contributed by atoms with Crippen LogP contribution in [0.25, 0.3) is 0 Å². The average molecular weight is 300 g/mol. The van der Waals surface area contributed by atoms with Gasteiger partial charge in [0.1, 0.15) is 0 Å². The third-order valence-corrected chi connectivity index (χ3v) is 2.86. The van der Waals surface area contributed by atoms with Crippen LogP contribution in [0.5, 0.6) is 0 Å². The summed E-state index contributed by atoms with van der Waals surface area (Å²) in [6, 6.07) is 0. The Kier molecular flexibility index (Phi) is 6.98. The number of ether oxygens (including phenoxy) is 2. The highest BCUT2D eigenvalue weighted by molar-refractivity contribution is 6.00. The van der Waals surface area contributed by atoms with Crippen LogP contribution in [0.3, 0.4) is 0 Å². The number of carbonyl (C=O) groups excluding carboxylic acids is 2. The average Bonchev–Trinajstić information content (AvgIpc) is 2.34. The molecule has 0 aliphatic rings. The fraction of sp³-hybridized carbons (Fsp3) is 0.833. The molecule has 0 amide bonds. The van der Waals surface area contributed by atoms with E-state index in [1.54, 1.807) is 0 Å². The van der Waals surface area contributed by atoms with Crippen molar-refractivity contribution in [3.63, 3.8) is 0 Å². The SMILES string of the molecule is CCOC(=O)C(CC)(CC(O)C(F)(F)F)C(=O)OCC. The van der Waals surface area contributed by atoms with E-state index in [0.29, 0.717) is 0 Å². The van der Waals surface area contributed by atoms with Crippen LogP contribution in [-0.4, -0.2) is 42.5 Å². The van der Waals surface area contributed by atoms with Crippen LogP contribution in [0.1, 0.15) is 33.6 Å². The van der Waals surface area contributed by atoms with Crippen LogP contribution < -0.4 is 0 Å². The van der Waals surface area contributed by atoms with Crippen molar-refractivity contribution in [1.82, 2.24) is 0 Å². The molecule has 0 aliphatic heterocycles. The predicted molar refractivity (Wildman–Crippen MR) is 62.7 cm³/mol. The summed E-state index contributed by atoms with van der Waals surface area (Å²) in [5.41, 5.74) is -2.15. The zero-order valence-electron chi connectivity index (χ0n) is 11.6. The highest BCUT2D eigenvalue weighted by Gasteiger charge is 2.53. The van der Waals surface area contributed by atoms with Gasteiger partial charge in [0.25, 0.3) is 0 Å². The molecule has 0 heterocycles. The molecule has 118 valence electrons. The van der Waals surface area contributed by atoms with E-state index < -0.39 is 36.1 Å². The zero-order chi connectivity index (χ0) is 16.0. The van der Waals surface area contributed by atoms with Crippen molar-refractivity contribution in [1.29, 1.82) is 0 Å². The molecule has 8 heteroatoms. The molecule has 0 bridgehead atoms. The minimum Gasteiger partial charge on any atom is -0.465 e. The first-order valence-corrected chi connectivity index (χ1v) is 6.24. The minimum atomic E-state index is -4.93. The third kappa shape index (κ3) is 4.36. The maximum absolute atomic E-state index is 12.5. The van der Waals surface area contributed by atoms with E-state index in [9.17, 15) is 22.8 Å². The number of halogens is 3. The Morgan fingerprint density at radius 2 is 1.45 bits per heavy atom. The van der Waals surface area contributed by atoms with E-state index in [1.807, 2.05) is 0 Å². The van der Waals surface area contributed by atoms with Gasteiger partial charge >= 0.3 is 18.1 Å². The van der Waals surface area contributed by atoms with Crippen molar-refractivity contribution in [2.45, 2.75) is 45.9 Å². The van der Waals surface area contributed by atoms with E-state index in [4.69, 9.17) is 5.11 Å². The predicted octanol–water partition coefficient (Wildman–Crippen LogP) is 1.82. The highest BCUT2D eigenvalue weighted by atomic mass is 19.4. The fourth-order valence-corrected chi connectivity index (χ4v) is 1.67. The van der Waals surface area contributed by atoms with Gasteiger partial charge in [-0.1, -0.05) is 6.92 Å². The van der Waals surface area contributed by atoms with Crippen molar-refractivity contribution in [2.24, 2.45) is 5.41 Å². The lowest BCUT2D eigenvalue weighted by Gasteiger charge is -2.30. The van der Waals surface area contributed by atoms with Crippen LogP contribution in [0, 0.1) is 5.41 Å². The molecule has 1 atom stereocenters. The van der Waals surface area contributed by atoms with Gasteiger partial charge in [-0.2, -0.15) is 13.2 Å². The van der Waals surface area contributed by atoms with Gasteiger partial charge in [-0.15, -0.1) is 0 Å². The third-order valence-electron chi connectivity index (χ3n) is 2.86. The summed E-state index contributed by atoms with van der Waals surface area (Å²) in [6.07, 6.45) is -9.13. The van der Waals surface area contributed by atoms with Crippen LogP contribution in [0.2, 0.25) is 0 Å². The maximum atomic E-state index is 12.5. The summed E-state index contributed by atoms with van der Waals surface area (Å²) in [5, 5.41) is 9.15. The summed E-state index contributed by atoms with van der Waals surface area (Å²) in [5.74, 6) is -2.24. The van der Waals surface area contributed by atoms with Crippen LogP contribution in [0.15, 0.2) is 0 Å². The van der Waals surface area contributed by atoms with E-state index in [1.165, 1.54) is 20.8 Å². The molecule has 0 saturated heterocycles. The first-order chi connectivity index (χ1) is 9.15. The van der Waals surface area contributed by atoms with E-state index in [-0.39, 0.29) is 19.6 Å². The summed E-state index contributed by atoms with van der Waals surface area (Å²) >= 11 is 0. The molecule has 20 heavy (non-hydrogen) atoms. The van der Waals surface area contributed by atoms with Gasteiger partial charge in [0, 0.05) is 6.42 Å². The lowest BCUT2D eigenvalue weighted by atomic mass is 9.79. The largest absolute Gasteiger partial charge is 0.465 e. The highest BCUT2D eigenvalue weighted by Crippen LogP contribution is 2.36. The van der Waals surface area contributed by atoms with Crippen molar-refractivity contribution in [3.8, 4) is 0 Å². The number of hydrogen-bond donors (Lipinski definition) is 1. The quantitative estimate of drug-likeness (QED) is 0.573. The zero-order valence-corrected chi connectivity index (χ0v) is 11.6. The fourth-order valence-electron chi connectivity index (χ4n) is 1.67. The summed E-state index contributed by atoms with van der Waals surface area (Å²) in [4.78, 5) is 23.7. The molecule has 0 rings (SSSR count). The van der Waals surface area contributed by atoms with Crippen molar-refractivity contribution < 1.29 is 37.3 Å². The molecule has 0 aromatic heterocycles. The van der Waals surface area contributed by atoms with Crippen molar-refractivity contribution in [3.05, 3.63) is 0 Å². The Hall–Kier alpha value is -1.31. The molecule has 0 fully saturated rings. The second-order valence-corrected chi connectivity index (χ2v) is 4.14. The molecule has 5 nitrogen and oxygen atoms in total. The van der Waals surface area contributed by atoms with Gasteiger partial charge < -0.3 is 14.6 Å². The number of aliphatic hydroxyl groups is 1. The Morgan fingerprint density at radius 1 is 1.05 bits per heavy atom.